The molecular weight excluding hydrogens is 234 g/mol. The van der Waals surface area contributed by atoms with Crippen LogP contribution in [-0.4, -0.2) is 38.2 Å². The van der Waals surface area contributed by atoms with E-state index >= 15 is 0 Å². The van der Waals surface area contributed by atoms with Gasteiger partial charge in [0.25, 0.3) is 11.8 Å². The van der Waals surface area contributed by atoms with Gasteiger partial charge in [0.15, 0.2) is 0 Å². The maximum absolute atomic E-state index is 11.3. The van der Waals surface area contributed by atoms with E-state index in [-0.39, 0.29) is 24.5 Å². The monoisotopic (exact) mass is 253 g/mol. The van der Waals surface area contributed by atoms with Crippen molar-refractivity contribution in [1.82, 2.24) is 5.32 Å². The van der Waals surface area contributed by atoms with Gasteiger partial charge in [-0.15, -0.1) is 0 Å². The molecule has 0 aromatic heterocycles. The second-order valence-corrected chi connectivity index (χ2v) is 4.82. The van der Waals surface area contributed by atoms with Crippen LogP contribution in [0.1, 0.15) is 25.7 Å². The SMILES string of the molecule is COC1CCCC[C@H]1COCC1=CC(=O)NC1=O. The molecule has 1 fully saturated rings. The van der Waals surface area contributed by atoms with Crippen LogP contribution >= 0.6 is 0 Å². The van der Waals surface area contributed by atoms with Crippen LogP contribution in [0.2, 0.25) is 0 Å². The Hall–Kier alpha value is -1.20. The molecule has 0 aromatic rings. The van der Waals surface area contributed by atoms with Gasteiger partial charge in [-0.3, -0.25) is 14.9 Å². The molecule has 0 spiro atoms. The molecule has 1 unspecified atom stereocenters. The summed E-state index contributed by atoms with van der Waals surface area (Å²) in [7, 11) is 1.73. The summed E-state index contributed by atoms with van der Waals surface area (Å²) in [6.07, 6.45) is 6.14. The van der Waals surface area contributed by atoms with Gasteiger partial charge >= 0.3 is 0 Å². The molecule has 0 bridgehead atoms. The third-order valence-corrected chi connectivity index (χ3v) is 3.57. The predicted molar refractivity (Wildman–Crippen MR) is 64.8 cm³/mol. The number of ether oxygens (including phenoxy) is 2. The largest absolute Gasteiger partial charge is 0.381 e. The maximum Gasteiger partial charge on any atom is 0.256 e. The van der Waals surface area contributed by atoms with Gasteiger partial charge in [0, 0.05) is 24.7 Å². The van der Waals surface area contributed by atoms with Gasteiger partial charge in [-0.2, -0.15) is 0 Å². The Morgan fingerprint density at radius 1 is 1.33 bits per heavy atom. The molecule has 1 saturated carbocycles. The number of carbonyl (C=O) groups excluding carboxylic acids is 2. The average Bonchev–Trinajstić information content (AvgIpc) is 2.68. The highest BCUT2D eigenvalue weighted by atomic mass is 16.5. The van der Waals surface area contributed by atoms with E-state index in [2.05, 4.69) is 5.32 Å². The maximum atomic E-state index is 11.3. The van der Waals surface area contributed by atoms with Crippen LogP contribution in [-0.2, 0) is 19.1 Å². The van der Waals surface area contributed by atoms with Gasteiger partial charge in [0.1, 0.15) is 0 Å². The molecule has 18 heavy (non-hydrogen) atoms. The van der Waals surface area contributed by atoms with Crippen molar-refractivity contribution in [2.24, 2.45) is 5.92 Å². The number of methoxy groups -OCH3 is 1. The van der Waals surface area contributed by atoms with Gasteiger partial charge in [-0.25, -0.2) is 0 Å². The molecule has 0 saturated heterocycles. The molecule has 2 amide bonds. The first-order valence-electron chi connectivity index (χ1n) is 6.37. The summed E-state index contributed by atoms with van der Waals surface area (Å²) in [5.41, 5.74) is 0.407. The van der Waals surface area contributed by atoms with Gasteiger partial charge in [-0.1, -0.05) is 12.8 Å². The third-order valence-electron chi connectivity index (χ3n) is 3.57. The van der Waals surface area contributed by atoms with Gasteiger partial charge in [-0.05, 0) is 12.8 Å². The first-order valence-corrected chi connectivity index (χ1v) is 6.37. The topological polar surface area (TPSA) is 64.6 Å². The minimum Gasteiger partial charge on any atom is -0.381 e. The van der Waals surface area contributed by atoms with Crippen molar-refractivity contribution < 1.29 is 19.1 Å². The Labute approximate surface area is 107 Å². The fourth-order valence-electron chi connectivity index (χ4n) is 2.55. The normalized spacial score (nSPS) is 28.2. The minimum absolute atomic E-state index is 0.199. The van der Waals surface area contributed by atoms with E-state index in [0.717, 1.165) is 12.8 Å². The van der Waals surface area contributed by atoms with Crippen LogP contribution in [0.3, 0.4) is 0 Å². The van der Waals surface area contributed by atoms with E-state index in [1.807, 2.05) is 0 Å². The summed E-state index contributed by atoms with van der Waals surface area (Å²) in [4.78, 5) is 22.2. The molecule has 1 N–H and O–H groups in total. The summed E-state index contributed by atoms with van der Waals surface area (Å²) in [6.45, 7) is 0.780. The van der Waals surface area contributed by atoms with E-state index < -0.39 is 0 Å². The summed E-state index contributed by atoms with van der Waals surface area (Å²) in [5, 5.41) is 2.20. The molecule has 5 heteroatoms. The lowest BCUT2D eigenvalue weighted by Gasteiger charge is -2.30. The molecule has 1 aliphatic heterocycles. The number of hydrogen-bond donors (Lipinski definition) is 1. The fourth-order valence-corrected chi connectivity index (χ4v) is 2.55. The number of imide groups is 1. The first kappa shape index (κ1) is 13.2. The fraction of sp³-hybridized carbons (Fsp3) is 0.692. The van der Waals surface area contributed by atoms with E-state index in [0.29, 0.717) is 18.1 Å². The molecule has 0 aromatic carbocycles. The molecule has 2 rings (SSSR count). The van der Waals surface area contributed by atoms with Crippen molar-refractivity contribution >= 4 is 11.8 Å². The second-order valence-electron chi connectivity index (χ2n) is 4.82. The van der Waals surface area contributed by atoms with Gasteiger partial charge < -0.3 is 9.47 Å². The predicted octanol–water partition coefficient (Wildman–Crippen LogP) is 0.791. The third kappa shape index (κ3) is 3.17. The summed E-state index contributed by atoms with van der Waals surface area (Å²) in [5.74, 6) is -0.303. The molecule has 0 radical (unpaired) electrons. The van der Waals surface area contributed by atoms with Crippen LogP contribution in [0.15, 0.2) is 11.6 Å². The molecule has 1 aliphatic carbocycles. The number of amides is 2. The number of rotatable bonds is 5. The Kier molecular flexibility index (Phi) is 4.49. The Morgan fingerprint density at radius 3 is 2.78 bits per heavy atom. The molecule has 5 nitrogen and oxygen atoms in total. The lowest BCUT2D eigenvalue weighted by Crippen LogP contribution is -2.30. The van der Waals surface area contributed by atoms with Crippen LogP contribution < -0.4 is 5.32 Å². The average molecular weight is 253 g/mol. The summed E-state index contributed by atoms with van der Waals surface area (Å²) >= 11 is 0. The lowest BCUT2D eigenvalue weighted by molar-refractivity contribution is -0.124. The van der Waals surface area contributed by atoms with Crippen LogP contribution in [0, 0.1) is 5.92 Å². The summed E-state index contributed by atoms with van der Waals surface area (Å²) in [6, 6.07) is 0. The Balaban J connectivity index is 1.76. The van der Waals surface area contributed by atoms with Crippen LogP contribution in [0.4, 0.5) is 0 Å². The van der Waals surface area contributed by atoms with Crippen molar-refractivity contribution in [2.45, 2.75) is 31.8 Å². The quantitative estimate of drug-likeness (QED) is 0.736. The second kappa shape index (κ2) is 6.11. The molecular formula is C13H19NO4. The van der Waals surface area contributed by atoms with Gasteiger partial charge in [0.05, 0.1) is 19.3 Å². The van der Waals surface area contributed by atoms with E-state index in [1.165, 1.54) is 18.9 Å². The highest BCUT2D eigenvalue weighted by Crippen LogP contribution is 2.26. The van der Waals surface area contributed by atoms with Crippen molar-refractivity contribution in [3.63, 3.8) is 0 Å². The Morgan fingerprint density at radius 2 is 2.11 bits per heavy atom. The van der Waals surface area contributed by atoms with Crippen molar-refractivity contribution in [3.8, 4) is 0 Å². The molecule has 1 heterocycles. The zero-order valence-electron chi connectivity index (χ0n) is 10.6. The number of hydrogen-bond acceptors (Lipinski definition) is 4. The van der Waals surface area contributed by atoms with Crippen molar-refractivity contribution in [3.05, 3.63) is 11.6 Å². The smallest absolute Gasteiger partial charge is 0.256 e. The summed E-state index contributed by atoms with van der Waals surface area (Å²) < 4.78 is 11.0. The van der Waals surface area contributed by atoms with Crippen LogP contribution in [0.5, 0.6) is 0 Å². The highest BCUT2D eigenvalue weighted by Gasteiger charge is 2.26. The molecule has 2 atom stereocenters. The standard InChI is InChI=1S/C13H19NO4/c1-17-11-5-3-2-4-9(11)7-18-8-10-6-12(15)14-13(10)16/h6,9,11H,2-5,7-8H2,1H3,(H,14,15,16)/t9-,11?/m0/s1. The van der Waals surface area contributed by atoms with E-state index in [9.17, 15) is 9.59 Å². The van der Waals surface area contributed by atoms with Crippen molar-refractivity contribution in [1.29, 1.82) is 0 Å². The highest BCUT2D eigenvalue weighted by molar-refractivity contribution is 6.16. The van der Waals surface area contributed by atoms with E-state index in [4.69, 9.17) is 9.47 Å². The Bertz CT molecular complexity index is 364. The molecule has 100 valence electrons. The zero-order chi connectivity index (χ0) is 13.0. The minimum atomic E-state index is -0.356. The van der Waals surface area contributed by atoms with Crippen molar-refractivity contribution in [2.75, 3.05) is 20.3 Å². The lowest BCUT2D eigenvalue weighted by atomic mass is 9.87. The van der Waals surface area contributed by atoms with Crippen LogP contribution in [0.25, 0.3) is 0 Å². The van der Waals surface area contributed by atoms with E-state index in [1.54, 1.807) is 7.11 Å². The molecule has 2 aliphatic rings. The number of carbonyl (C=O) groups is 2. The van der Waals surface area contributed by atoms with Gasteiger partial charge in [0.2, 0.25) is 0 Å². The number of nitrogens with one attached hydrogen (secondary N) is 1. The zero-order valence-corrected chi connectivity index (χ0v) is 10.6. The first-order chi connectivity index (χ1) is 8.70.